The van der Waals surface area contributed by atoms with Gasteiger partial charge in [-0.25, -0.2) is 0 Å². The van der Waals surface area contributed by atoms with Crippen molar-refractivity contribution in [2.24, 2.45) is 5.92 Å². The highest BCUT2D eigenvalue weighted by Gasteiger charge is 2.22. The maximum Gasteiger partial charge on any atom is 0.303 e. The molecule has 1 atom stereocenters. The molecule has 0 saturated carbocycles. The van der Waals surface area contributed by atoms with Crippen LogP contribution in [0.25, 0.3) is 11.1 Å². The van der Waals surface area contributed by atoms with E-state index in [-0.39, 0.29) is 12.3 Å². The number of carbonyl (C=O) groups is 2. The molecule has 142 valence electrons. The summed E-state index contributed by atoms with van der Waals surface area (Å²) in [5.74, 6) is -0.405. The van der Waals surface area contributed by atoms with Gasteiger partial charge in [0.25, 0.3) is 0 Å². The summed E-state index contributed by atoms with van der Waals surface area (Å²) in [7, 11) is 0. The van der Waals surface area contributed by atoms with Gasteiger partial charge in [-0.2, -0.15) is 0 Å². The fourth-order valence-corrected chi connectivity index (χ4v) is 3.64. The van der Waals surface area contributed by atoms with Crippen molar-refractivity contribution >= 4 is 17.6 Å². The molecule has 0 aliphatic carbocycles. The molecule has 2 aromatic carbocycles. The van der Waals surface area contributed by atoms with Crippen molar-refractivity contribution in [3.63, 3.8) is 0 Å². The zero-order valence-electron chi connectivity index (χ0n) is 15.4. The summed E-state index contributed by atoms with van der Waals surface area (Å²) in [4.78, 5) is 25.2. The van der Waals surface area contributed by atoms with E-state index in [0.29, 0.717) is 18.9 Å². The van der Waals surface area contributed by atoms with Gasteiger partial charge in [-0.3, -0.25) is 14.5 Å². The van der Waals surface area contributed by atoms with Crippen molar-refractivity contribution in [3.05, 3.63) is 54.6 Å². The minimum absolute atomic E-state index is 0.0265. The van der Waals surface area contributed by atoms with Gasteiger partial charge in [0.15, 0.2) is 0 Å². The number of nitrogens with zero attached hydrogens (tertiary/aromatic N) is 1. The quantitative estimate of drug-likeness (QED) is 0.780. The molecule has 1 amide bonds. The molecule has 2 aromatic rings. The molecule has 2 N–H and O–H groups in total. The molecule has 1 aliphatic rings. The number of piperidine rings is 1. The average Bonchev–Trinajstić information content (AvgIpc) is 2.68. The first-order valence-electron chi connectivity index (χ1n) is 9.49. The fraction of sp³-hybridized carbons (Fsp3) is 0.364. The van der Waals surface area contributed by atoms with Gasteiger partial charge in [0, 0.05) is 18.7 Å². The van der Waals surface area contributed by atoms with Gasteiger partial charge in [-0.05, 0) is 55.0 Å². The van der Waals surface area contributed by atoms with Crippen LogP contribution in [0.4, 0.5) is 5.69 Å². The lowest BCUT2D eigenvalue weighted by Gasteiger charge is -2.32. The molecule has 5 heteroatoms. The maximum absolute atomic E-state index is 12.4. The highest BCUT2D eigenvalue weighted by molar-refractivity contribution is 5.92. The molecule has 1 heterocycles. The Morgan fingerprint density at radius 1 is 1.04 bits per heavy atom. The van der Waals surface area contributed by atoms with Crippen LogP contribution in [-0.4, -0.2) is 41.5 Å². The summed E-state index contributed by atoms with van der Waals surface area (Å²) < 4.78 is 0. The second-order valence-electron chi connectivity index (χ2n) is 7.17. The Hall–Kier alpha value is -2.66. The average molecular weight is 366 g/mol. The molecule has 5 nitrogen and oxygen atoms in total. The first kappa shape index (κ1) is 19.1. The van der Waals surface area contributed by atoms with E-state index in [9.17, 15) is 9.59 Å². The van der Waals surface area contributed by atoms with E-state index in [1.165, 1.54) is 0 Å². The van der Waals surface area contributed by atoms with E-state index in [4.69, 9.17) is 5.11 Å². The first-order chi connectivity index (χ1) is 13.1. The number of carbonyl (C=O) groups excluding carboxylic acids is 1. The lowest BCUT2D eigenvalue weighted by Crippen LogP contribution is -2.40. The summed E-state index contributed by atoms with van der Waals surface area (Å²) in [5.41, 5.74) is 3.06. The normalized spacial score (nSPS) is 17.4. The number of rotatable bonds is 7. The van der Waals surface area contributed by atoms with Crippen molar-refractivity contribution in [3.8, 4) is 11.1 Å². The predicted molar refractivity (Wildman–Crippen MR) is 107 cm³/mol. The number of likely N-dealkylation sites (tertiary alicyclic amines) is 1. The Morgan fingerprint density at radius 2 is 1.74 bits per heavy atom. The third-order valence-corrected chi connectivity index (χ3v) is 5.01. The molecule has 0 bridgehead atoms. The van der Waals surface area contributed by atoms with Crippen molar-refractivity contribution in [2.75, 3.05) is 25.0 Å². The van der Waals surface area contributed by atoms with Crippen molar-refractivity contribution < 1.29 is 14.7 Å². The van der Waals surface area contributed by atoms with Crippen LogP contribution < -0.4 is 5.32 Å². The molecular weight excluding hydrogens is 340 g/mol. The van der Waals surface area contributed by atoms with Crippen molar-refractivity contribution in [2.45, 2.75) is 25.7 Å². The molecule has 1 fully saturated rings. The SMILES string of the molecule is O=C(O)CCC1CCCN(CC(=O)Nc2ccc(-c3ccccc3)cc2)C1. The van der Waals surface area contributed by atoms with Crippen LogP contribution in [0.3, 0.4) is 0 Å². The van der Waals surface area contributed by atoms with Crippen molar-refractivity contribution in [1.29, 1.82) is 0 Å². The molecule has 0 spiro atoms. The van der Waals surface area contributed by atoms with E-state index in [1.807, 2.05) is 42.5 Å². The van der Waals surface area contributed by atoms with Crippen LogP contribution in [0.2, 0.25) is 0 Å². The van der Waals surface area contributed by atoms with Crippen molar-refractivity contribution in [1.82, 2.24) is 4.90 Å². The third kappa shape index (κ3) is 5.93. The van der Waals surface area contributed by atoms with E-state index in [0.717, 1.165) is 42.7 Å². The van der Waals surface area contributed by atoms with Crippen LogP contribution in [0.1, 0.15) is 25.7 Å². The number of aliphatic carboxylic acids is 1. The first-order valence-corrected chi connectivity index (χ1v) is 9.49. The van der Waals surface area contributed by atoms with E-state index in [2.05, 4.69) is 22.3 Å². The van der Waals surface area contributed by atoms with Gasteiger partial charge in [-0.15, -0.1) is 0 Å². The third-order valence-electron chi connectivity index (χ3n) is 5.01. The topological polar surface area (TPSA) is 69.6 Å². The summed E-state index contributed by atoms with van der Waals surface area (Å²) in [6.45, 7) is 2.04. The molecule has 0 aromatic heterocycles. The molecule has 0 radical (unpaired) electrons. The number of anilines is 1. The zero-order valence-corrected chi connectivity index (χ0v) is 15.4. The number of hydrogen-bond acceptors (Lipinski definition) is 3. The smallest absolute Gasteiger partial charge is 0.303 e. The van der Waals surface area contributed by atoms with Crippen LogP contribution in [0.5, 0.6) is 0 Å². The number of benzene rings is 2. The van der Waals surface area contributed by atoms with Gasteiger partial charge in [0.2, 0.25) is 5.91 Å². The lowest BCUT2D eigenvalue weighted by molar-refractivity contribution is -0.137. The van der Waals surface area contributed by atoms with Gasteiger partial charge >= 0.3 is 5.97 Å². The summed E-state index contributed by atoms with van der Waals surface area (Å²) in [6.07, 6.45) is 2.96. The lowest BCUT2D eigenvalue weighted by atomic mass is 9.93. The monoisotopic (exact) mass is 366 g/mol. The minimum atomic E-state index is -0.746. The number of amides is 1. The molecule has 1 aliphatic heterocycles. The molecule has 1 unspecified atom stereocenters. The molecule has 1 saturated heterocycles. The number of nitrogens with one attached hydrogen (secondary N) is 1. The molecule has 27 heavy (non-hydrogen) atoms. The maximum atomic E-state index is 12.4. The second-order valence-corrected chi connectivity index (χ2v) is 7.17. The predicted octanol–water partition coefficient (Wildman–Crippen LogP) is 3.87. The Bertz CT molecular complexity index is 759. The summed E-state index contributed by atoms with van der Waals surface area (Å²) in [5, 5.41) is 11.8. The second kappa shape index (κ2) is 9.33. The summed E-state index contributed by atoms with van der Waals surface area (Å²) in [6, 6.07) is 18.0. The largest absolute Gasteiger partial charge is 0.481 e. The highest BCUT2D eigenvalue weighted by atomic mass is 16.4. The number of hydrogen-bond donors (Lipinski definition) is 2. The Kier molecular flexibility index (Phi) is 6.60. The van der Waals surface area contributed by atoms with Crippen LogP contribution in [0, 0.1) is 5.92 Å². The molecular formula is C22H26N2O3. The van der Waals surface area contributed by atoms with E-state index < -0.39 is 5.97 Å². The van der Waals surface area contributed by atoms with Gasteiger partial charge < -0.3 is 10.4 Å². The van der Waals surface area contributed by atoms with Gasteiger partial charge in [0.05, 0.1) is 6.54 Å². The van der Waals surface area contributed by atoms with E-state index >= 15 is 0 Å². The van der Waals surface area contributed by atoms with E-state index in [1.54, 1.807) is 0 Å². The number of carboxylic acids is 1. The van der Waals surface area contributed by atoms with Crippen LogP contribution in [0.15, 0.2) is 54.6 Å². The van der Waals surface area contributed by atoms with Gasteiger partial charge in [-0.1, -0.05) is 42.5 Å². The van der Waals surface area contributed by atoms with Crippen LogP contribution in [-0.2, 0) is 9.59 Å². The standard InChI is InChI=1S/C22H26N2O3/c25-21(16-24-14-4-5-17(15-24)8-13-22(26)27)23-20-11-9-19(10-12-20)18-6-2-1-3-7-18/h1-3,6-7,9-12,17H,4-5,8,13-16H2,(H,23,25)(H,26,27). The molecule has 3 rings (SSSR count). The van der Waals surface area contributed by atoms with Crippen LogP contribution >= 0.6 is 0 Å². The zero-order chi connectivity index (χ0) is 19.1. The minimum Gasteiger partial charge on any atom is -0.481 e. The summed E-state index contributed by atoms with van der Waals surface area (Å²) >= 11 is 0. The Morgan fingerprint density at radius 3 is 2.44 bits per heavy atom. The number of carboxylic acid groups (broad SMARTS) is 1. The Labute approximate surface area is 160 Å². The highest BCUT2D eigenvalue weighted by Crippen LogP contribution is 2.22. The Balaban J connectivity index is 1.49. The van der Waals surface area contributed by atoms with Gasteiger partial charge in [0.1, 0.15) is 0 Å². The fourth-order valence-electron chi connectivity index (χ4n) is 3.64.